The molecule has 1 aliphatic heterocycles. The molecule has 2 aromatic heterocycles. The first-order valence-corrected chi connectivity index (χ1v) is 11.2. The van der Waals surface area contributed by atoms with Crippen LogP contribution < -0.4 is 5.32 Å². The number of rotatable bonds is 6. The first-order valence-electron chi connectivity index (χ1n) is 11.2. The number of benzene rings is 2. The highest BCUT2D eigenvalue weighted by Gasteiger charge is 2.36. The van der Waals surface area contributed by atoms with E-state index in [4.69, 9.17) is 0 Å². The van der Waals surface area contributed by atoms with Gasteiger partial charge in [0.1, 0.15) is 0 Å². The second-order valence-electron chi connectivity index (χ2n) is 9.12. The maximum absolute atomic E-state index is 13.6. The van der Waals surface area contributed by atoms with Gasteiger partial charge in [0, 0.05) is 58.4 Å². The summed E-state index contributed by atoms with van der Waals surface area (Å²) in [4.78, 5) is 30.8. The van der Waals surface area contributed by atoms with Gasteiger partial charge in [-0.25, -0.2) is 0 Å². The van der Waals surface area contributed by atoms with Gasteiger partial charge in [0.15, 0.2) is 0 Å². The Morgan fingerprint density at radius 3 is 2.39 bits per heavy atom. The number of amides is 2. The Morgan fingerprint density at radius 1 is 1.00 bits per heavy atom. The van der Waals surface area contributed by atoms with Gasteiger partial charge in [0.25, 0.3) is 11.8 Å². The zero-order valence-corrected chi connectivity index (χ0v) is 19.5. The number of nitrogens with one attached hydrogen (secondary N) is 2. The molecule has 2 amide bonds. The lowest BCUT2D eigenvalue weighted by Crippen LogP contribution is -2.29. The van der Waals surface area contributed by atoms with E-state index in [1.807, 2.05) is 12.1 Å². The Hall–Kier alpha value is -3.89. The number of H-pyrrole nitrogens is 1. The van der Waals surface area contributed by atoms with Crippen molar-refractivity contribution < 1.29 is 27.9 Å². The van der Waals surface area contributed by atoms with E-state index in [2.05, 4.69) is 10.3 Å². The molecule has 3 heterocycles. The predicted octanol–water partition coefficient (Wildman–Crippen LogP) is 3.63. The Kier molecular flexibility index (Phi) is 5.73. The highest BCUT2D eigenvalue weighted by atomic mass is 19.4. The summed E-state index contributed by atoms with van der Waals surface area (Å²) in [6, 6.07) is 10.5. The molecule has 186 valence electrons. The molecule has 0 aliphatic carbocycles. The average molecular weight is 496 g/mol. The number of alkyl halides is 3. The maximum Gasteiger partial charge on any atom is 0.416 e. The number of hydrogen-bond acceptors (Lipinski definition) is 4. The number of aromatic nitrogens is 2. The summed E-state index contributed by atoms with van der Waals surface area (Å²) >= 11 is 0. The number of hydrogen-bond donors (Lipinski definition) is 3. The van der Waals surface area contributed by atoms with E-state index in [-0.39, 0.29) is 28.6 Å². The Morgan fingerprint density at radius 2 is 1.69 bits per heavy atom. The van der Waals surface area contributed by atoms with Crippen molar-refractivity contribution >= 4 is 44.8 Å². The van der Waals surface area contributed by atoms with Crippen molar-refractivity contribution in [3.63, 3.8) is 0 Å². The van der Waals surface area contributed by atoms with Gasteiger partial charge < -0.3 is 19.6 Å². The van der Waals surface area contributed by atoms with Crippen molar-refractivity contribution in [2.45, 2.75) is 18.8 Å². The Labute approximate surface area is 203 Å². The van der Waals surface area contributed by atoms with Gasteiger partial charge in [0.2, 0.25) is 0 Å². The molecule has 0 radical (unpaired) electrons. The molecule has 1 aliphatic rings. The smallest absolute Gasteiger partial charge is 0.390 e. The molecule has 0 bridgehead atoms. The summed E-state index contributed by atoms with van der Waals surface area (Å²) < 4.78 is 42.4. The van der Waals surface area contributed by atoms with Gasteiger partial charge in [-0.15, -0.1) is 0 Å². The number of carbonyl (C=O) groups excluding carboxylic acids is 2. The molecule has 4 aromatic rings. The second-order valence-corrected chi connectivity index (χ2v) is 9.12. The van der Waals surface area contributed by atoms with Gasteiger partial charge in [-0.2, -0.15) is 13.2 Å². The van der Waals surface area contributed by atoms with E-state index < -0.39 is 29.7 Å². The van der Waals surface area contributed by atoms with Crippen LogP contribution in [0.1, 0.15) is 16.7 Å². The number of carbonyl (C=O) groups is 2. The van der Waals surface area contributed by atoms with Gasteiger partial charge in [-0.1, -0.05) is 18.2 Å². The van der Waals surface area contributed by atoms with Crippen molar-refractivity contribution in [3.8, 4) is 0 Å². The van der Waals surface area contributed by atoms with Crippen molar-refractivity contribution in [3.05, 3.63) is 71.5 Å². The molecule has 0 fully saturated rings. The summed E-state index contributed by atoms with van der Waals surface area (Å²) in [5, 5.41) is 13.7. The van der Waals surface area contributed by atoms with Gasteiger partial charge in [0.05, 0.1) is 22.8 Å². The molecular weight excluding hydrogens is 473 g/mol. The average Bonchev–Trinajstić information content (AvgIpc) is 3.45. The second kappa shape index (κ2) is 8.65. The SMILES string of the molecule is CN(C)CC(O)Cn1cc(C2=C(c3c[nH]c4ccccc34)C(=O)NC2=O)c2cc(C(F)(F)F)ccc21. The zero-order chi connectivity index (χ0) is 25.8. The molecule has 1 unspecified atom stereocenters. The number of para-hydroxylation sites is 1. The van der Waals surface area contributed by atoms with Crippen LogP contribution in [0.15, 0.2) is 54.9 Å². The number of fused-ring (bicyclic) bond motifs is 2. The first-order chi connectivity index (χ1) is 17.0. The fourth-order valence-electron chi connectivity index (χ4n) is 4.78. The van der Waals surface area contributed by atoms with Crippen LogP contribution >= 0.6 is 0 Å². The number of aliphatic hydroxyl groups is 1. The molecule has 3 N–H and O–H groups in total. The van der Waals surface area contributed by atoms with Crippen LogP contribution in [-0.2, 0) is 22.3 Å². The largest absolute Gasteiger partial charge is 0.416 e. The highest BCUT2D eigenvalue weighted by Crippen LogP contribution is 2.40. The number of imide groups is 1. The minimum Gasteiger partial charge on any atom is -0.390 e. The van der Waals surface area contributed by atoms with Crippen molar-refractivity contribution in [2.75, 3.05) is 20.6 Å². The molecule has 0 saturated carbocycles. The lowest BCUT2D eigenvalue weighted by atomic mass is 9.95. The first kappa shape index (κ1) is 23.8. The Bertz CT molecular complexity index is 1550. The van der Waals surface area contributed by atoms with E-state index in [0.717, 1.165) is 17.6 Å². The molecule has 7 nitrogen and oxygen atoms in total. The van der Waals surface area contributed by atoms with Crippen molar-refractivity contribution in [1.82, 2.24) is 19.8 Å². The van der Waals surface area contributed by atoms with Crippen LogP contribution in [0.4, 0.5) is 13.2 Å². The fourth-order valence-corrected chi connectivity index (χ4v) is 4.78. The molecule has 0 spiro atoms. The third-order valence-corrected chi connectivity index (χ3v) is 6.25. The van der Waals surface area contributed by atoms with Crippen LogP contribution in [0.2, 0.25) is 0 Å². The zero-order valence-electron chi connectivity index (χ0n) is 19.5. The Balaban J connectivity index is 1.77. The van der Waals surface area contributed by atoms with E-state index in [9.17, 15) is 27.9 Å². The summed E-state index contributed by atoms with van der Waals surface area (Å²) in [6.07, 6.45) is -2.27. The van der Waals surface area contributed by atoms with E-state index >= 15 is 0 Å². The number of halogens is 3. The molecule has 5 rings (SSSR count). The topological polar surface area (TPSA) is 90.4 Å². The lowest BCUT2D eigenvalue weighted by Gasteiger charge is -2.17. The minimum atomic E-state index is -4.60. The van der Waals surface area contributed by atoms with E-state index in [1.165, 1.54) is 12.3 Å². The molecule has 10 heteroatoms. The summed E-state index contributed by atoms with van der Waals surface area (Å²) in [7, 11) is 3.59. The number of aliphatic hydroxyl groups excluding tert-OH is 1. The highest BCUT2D eigenvalue weighted by molar-refractivity contribution is 6.50. The minimum absolute atomic E-state index is 0.00470. The molecule has 36 heavy (non-hydrogen) atoms. The third kappa shape index (κ3) is 4.08. The van der Waals surface area contributed by atoms with Crippen LogP contribution in [0.25, 0.3) is 33.0 Å². The maximum atomic E-state index is 13.6. The molecule has 2 aromatic carbocycles. The fraction of sp³-hybridized carbons (Fsp3) is 0.231. The third-order valence-electron chi connectivity index (χ3n) is 6.25. The molecule has 0 saturated heterocycles. The van der Waals surface area contributed by atoms with Crippen LogP contribution in [0.3, 0.4) is 0 Å². The number of likely N-dealkylation sites (N-methyl/N-ethyl adjacent to an activating group) is 1. The van der Waals surface area contributed by atoms with E-state index in [0.29, 0.717) is 23.0 Å². The normalized spacial score (nSPS) is 15.5. The van der Waals surface area contributed by atoms with Crippen LogP contribution in [-0.4, -0.2) is 58.1 Å². The number of nitrogens with zero attached hydrogens (tertiary/aromatic N) is 2. The van der Waals surface area contributed by atoms with E-state index in [1.54, 1.807) is 41.9 Å². The van der Waals surface area contributed by atoms with Crippen LogP contribution in [0.5, 0.6) is 0 Å². The summed E-state index contributed by atoms with van der Waals surface area (Å²) in [6.45, 7) is 0.420. The quantitative estimate of drug-likeness (QED) is 0.356. The standard InChI is InChI=1S/C26H23F3N4O3/c1-32(2)11-15(34)12-33-13-19(17-9-14(26(27,28)29)7-8-21(17)33)23-22(24(35)31-25(23)36)18-10-30-20-6-4-3-5-16(18)20/h3-10,13,15,30,34H,11-12H2,1-2H3,(H,31,35,36). The predicted molar refractivity (Wildman–Crippen MR) is 130 cm³/mol. The van der Waals surface area contributed by atoms with Crippen molar-refractivity contribution in [2.24, 2.45) is 0 Å². The summed E-state index contributed by atoms with van der Waals surface area (Å²) in [5.41, 5.74) is 1.04. The van der Waals surface area contributed by atoms with Crippen LogP contribution in [0, 0.1) is 0 Å². The van der Waals surface area contributed by atoms with Gasteiger partial charge in [-0.3, -0.25) is 14.9 Å². The summed E-state index contributed by atoms with van der Waals surface area (Å²) in [5.74, 6) is -1.31. The molecular formula is C26H23F3N4O3. The van der Waals surface area contributed by atoms with Crippen molar-refractivity contribution in [1.29, 1.82) is 0 Å². The van der Waals surface area contributed by atoms with Gasteiger partial charge >= 0.3 is 6.18 Å². The lowest BCUT2D eigenvalue weighted by molar-refractivity contribution is -0.137. The number of aromatic amines is 1. The van der Waals surface area contributed by atoms with Gasteiger partial charge in [-0.05, 0) is 38.4 Å². The molecule has 1 atom stereocenters. The monoisotopic (exact) mass is 496 g/mol.